The van der Waals surface area contributed by atoms with Crippen LogP contribution in [-0.4, -0.2) is 61.7 Å². The summed E-state index contributed by atoms with van der Waals surface area (Å²) < 4.78 is 1.91. The summed E-state index contributed by atoms with van der Waals surface area (Å²) in [7, 11) is 0. The van der Waals surface area contributed by atoms with Gasteiger partial charge in [0.15, 0.2) is 11.6 Å². The molecular formula is C17H17N7O. The van der Waals surface area contributed by atoms with Crippen LogP contribution >= 0.6 is 0 Å². The number of nitrogens with zero attached hydrogens (tertiary/aromatic N) is 7. The third kappa shape index (κ3) is 3.18. The molecule has 0 spiro atoms. The lowest BCUT2D eigenvalue weighted by atomic mass is 10.2. The van der Waals surface area contributed by atoms with Gasteiger partial charge in [0.2, 0.25) is 0 Å². The van der Waals surface area contributed by atoms with Crippen molar-refractivity contribution in [3.63, 3.8) is 0 Å². The Labute approximate surface area is 144 Å². The summed E-state index contributed by atoms with van der Waals surface area (Å²) in [4.78, 5) is 24.3. The van der Waals surface area contributed by atoms with Crippen molar-refractivity contribution in [3.05, 3.63) is 60.9 Å². The van der Waals surface area contributed by atoms with E-state index < -0.39 is 0 Å². The number of piperazine rings is 1. The Balaban J connectivity index is 1.39. The number of anilines is 1. The highest BCUT2D eigenvalue weighted by Gasteiger charge is 2.23. The molecule has 8 nitrogen and oxygen atoms in total. The van der Waals surface area contributed by atoms with E-state index >= 15 is 0 Å². The zero-order valence-corrected chi connectivity index (χ0v) is 13.6. The quantitative estimate of drug-likeness (QED) is 0.711. The maximum Gasteiger partial charge on any atom is 0.274 e. The smallest absolute Gasteiger partial charge is 0.274 e. The first-order chi connectivity index (χ1) is 12.3. The number of hydrogen-bond acceptors (Lipinski definition) is 6. The van der Waals surface area contributed by atoms with Gasteiger partial charge in [-0.2, -0.15) is 0 Å². The standard InChI is InChI=1S/C17H17N7O/c25-17(14-13-18-5-6-19-14)24-11-9-23(10-12-24)16-4-3-15(20-21-16)22-7-1-2-8-22/h1-8,13H,9-12H2. The molecule has 8 heteroatoms. The Bertz CT molecular complexity index is 825. The van der Waals surface area contributed by atoms with Crippen molar-refractivity contribution >= 4 is 11.7 Å². The molecule has 0 radical (unpaired) electrons. The number of amides is 1. The Kier molecular flexibility index (Phi) is 4.07. The second-order valence-corrected chi connectivity index (χ2v) is 5.71. The van der Waals surface area contributed by atoms with Crippen molar-refractivity contribution in [2.45, 2.75) is 0 Å². The first-order valence-electron chi connectivity index (χ1n) is 8.08. The predicted octanol–water partition coefficient (Wildman–Crippen LogP) is 1.02. The van der Waals surface area contributed by atoms with Gasteiger partial charge in [-0.05, 0) is 24.3 Å². The van der Waals surface area contributed by atoms with Gasteiger partial charge in [-0.3, -0.25) is 9.78 Å². The molecule has 0 N–H and O–H groups in total. The SMILES string of the molecule is O=C(c1cnccn1)N1CCN(c2ccc(-n3cccc3)nn2)CC1. The van der Waals surface area contributed by atoms with Crippen molar-refractivity contribution in [2.24, 2.45) is 0 Å². The fourth-order valence-electron chi connectivity index (χ4n) is 2.82. The normalized spacial score (nSPS) is 14.6. The largest absolute Gasteiger partial charge is 0.352 e. The molecule has 0 aliphatic carbocycles. The summed E-state index contributed by atoms with van der Waals surface area (Å²) >= 11 is 0. The molecule has 1 saturated heterocycles. The van der Waals surface area contributed by atoms with E-state index in [2.05, 4.69) is 25.1 Å². The molecule has 0 saturated carbocycles. The second-order valence-electron chi connectivity index (χ2n) is 5.71. The Morgan fingerprint density at radius 3 is 2.28 bits per heavy atom. The highest BCUT2D eigenvalue weighted by atomic mass is 16.2. The van der Waals surface area contributed by atoms with Gasteiger partial charge in [0, 0.05) is 51.0 Å². The molecule has 126 valence electrons. The van der Waals surface area contributed by atoms with Gasteiger partial charge in [-0.1, -0.05) is 0 Å². The topological polar surface area (TPSA) is 80.0 Å². The first kappa shape index (κ1) is 15.3. The fourth-order valence-corrected chi connectivity index (χ4v) is 2.82. The molecule has 1 amide bonds. The van der Waals surface area contributed by atoms with Gasteiger partial charge in [-0.15, -0.1) is 10.2 Å². The molecule has 0 atom stereocenters. The van der Waals surface area contributed by atoms with Crippen LogP contribution in [0.15, 0.2) is 55.2 Å². The predicted molar refractivity (Wildman–Crippen MR) is 91.5 cm³/mol. The average Bonchev–Trinajstić information content (AvgIpc) is 3.23. The molecule has 1 aliphatic rings. The number of rotatable bonds is 3. The number of aromatic nitrogens is 5. The van der Waals surface area contributed by atoms with Crippen LogP contribution in [0.2, 0.25) is 0 Å². The molecule has 1 fully saturated rings. The van der Waals surface area contributed by atoms with Crippen LogP contribution in [-0.2, 0) is 0 Å². The van der Waals surface area contributed by atoms with Gasteiger partial charge < -0.3 is 14.4 Å². The summed E-state index contributed by atoms with van der Waals surface area (Å²) in [5.41, 5.74) is 0.381. The van der Waals surface area contributed by atoms with E-state index in [9.17, 15) is 4.79 Å². The van der Waals surface area contributed by atoms with Crippen LogP contribution in [0.4, 0.5) is 5.82 Å². The third-order valence-corrected chi connectivity index (χ3v) is 4.18. The van der Waals surface area contributed by atoms with Crippen LogP contribution in [0.3, 0.4) is 0 Å². The van der Waals surface area contributed by atoms with E-state index in [0.29, 0.717) is 31.9 Å². The Morgan fingerprint density at radius 1 is 0.920 bits per heavy atom. The van der Waals surface area contributed by atoms with Crippen molar-refractivity contribution in [1.82, 2.24) is 29.6 Å². The average molecular weight is 335 g/mol. The summed E-state index contributed by atoms with van der Waals surface area (Å²) in [5, 5.41) is 8.59. The van der Waals surface area contributed by atoms with E-state index in [0.717, 1.165) is 11.6 Å². The molecule has 3 aromatic heterocycles. The molecule has 0 bridgehead atoms. The number of carbonyl (C=O) groups excluding carboxylic acids is 1. The van der Waals surface area contributed by atoms with Crippen LogP contribution in [0.1, 0.15) is 10.5 Å². The summed E-state index contributed by atoms with van der Waals surface area (Å²) in [6.07, 6.45) is 8.46. The van der Waals surface area contributed by atoms with Crippen molar-refractivity contribution in [1.29, 1.82) is 0 Å². The van der Waals surface area contributed by atoms with E-state index in [1.165, 1.54) is 12.4 Å². The molecule has 3 aromatic rings. The molecule has 0 unspecified atom stereocenters. The van der Waals surface area contributed by atoms with E-state index in [-0.39, 0.29) is 5.91 Å². The Hall–Kier alpha value is -3.29. The fraction of sp³-hybridized carbons (Fsp3) is 0.235. The number of carbonyl (C=O) groups is 1. The molecule has 4 rings (SSSR count). The zero-order valence-electron chi connectivity index (χ0n) is 13.6. The number of hydrogen-bond donors (Lipinski definition) is 0. The maximum absolute atomic E-state index is 12.4. The third-order valence-electron chi connectivity index (χ3n) is 4.18. The lowest BCUT2D eigenvalue weighted by molar-refractivity contribution is 0.0740. The van der Waals surface area contributed by atoms with Crippen molar-refractivity contribution in [3.8, 4) is 5.82 Å². The van der Waals surface area contributed by atoms with Crippen molar-refractivity contribution in [2.75, 3.05) is 31.1 Å². The van der Waals surface area contributed by atoms with Gasteiger partial charge in [0.25, 0.3) is 5.91 Å². The van der Waals surface area contributed by atoms with Crippen LogP contribution in [0.5, 0.6) is 0 Å². The lowest BCUT2D eigenvalue weighted by Crippen LogP contribution is -2.49. The highest BCUT2D eigenvalue weighted by Crippen LogP contribution is 2.15. The summed E-state index contributed by atoms with van der Waals surface area (Å²) in [6.45, 7) is 2.67. The van der Waals surface area contributed by atoms with Gasteiger partial charge in [0.1, 0.15) is 5.69 Å². The van der Waals surface area contributed by atoms with Crippen LogP contribution < -0.4 is 4.90 Å². The summed E-state index contributed by atoms with van der Waals surface area (Å²) in [5.74, 6) is 1.52. The van der Waals surface area contributed by atoms with Gasteiger partial charge in [-0.25, -0.2) is 4.98 Å². The zero-order chi connectivity index (χ0) is 17.1. The summed E-state index contributed by atoms with van der Waals surface area (Å²) in [6, 6.07) is 7.80. The molecule has 4 heterocycles. The molecule has 25 heavy (non-hydrogen) atoms. The minimum absolute atomic E-state index is 0.0817. The minimum Gasteiger partial charge on any atom is -0.352 e. The van der Waals surface area contributed by atoms with E-state index in [4.69, 9.17) is 0 Å². The molecule has 1 aliphatic heterocycles. The Morgan fingerprint density at radius 2 is 1.64 bits per heavy atom. The molecular weight excluding hydrogens is 318 g/mol. The lowest BCUT2D eigenvalue weighted by Gasteiger charge is -2.34. The second kappa shape index (κ2) is 6.68. The maximum atomic E-state index is 12.4. The van der Waals surface area contributed by atoms with E-state index in [1.807, 2.05) is 41.2 Å². The van der Waals surface area contributed by atoms with E-state index in [1.54, 1.807) is 11.1 Å². The highest BCUT2D eigenvalue weighted by molar-refractivity contribution is 5.92. The monoisotopic (exact) mass is 335 g/mol. The minimum atomic E-state index is -0.0817. The van der Waals surface area contributed by atoms with Crippen LogP contribution in [0, 0.1) is 0 Å². The van der Waals surface area contributed by atoms with Crippen LogP contribution in [0.25, 0.3) is 5.82 Å². The van der Waals surface area contributed by atoms with Crippen molar-refractivity contribution < 1.29 is 4.79 Å². The van der Waals surface area contributed by atoms with Gasteiger partial charge in [0.05, 0.1) is 6.20 Å². The first-order valence-corrected chi connectivity index (χ1v) is 8.08. The molecule has 0 aromatic carbocycles. The van der Waals surface area contributed by atoms with Gasteiger partial charge >= 0.3 is 0 Å².